The first-order valence-electron chi connectivity index (χ1n) is 1.92. The molecule has 0 fully saturated rings. The van der Waals surface area contributed by atoms with Gasteiger partial charge in [-0.1, -0.05) is 5.17 Å². The van der Waals surface area contributed by atoms with Crippen molar-refractivity contribution in [2.75, 3.05) is 6.54 Å². The lowest BCUT2D eigenvalue weighted by Crippen LogP contribution is -2.28. The van der Waals surface area contributed by atoms with Gasteiger partial charge in [-0.25, -0.2) is 0 Å². The zero-order chi connectivity index (χ0) is 5.28. The van der Waals surface area contributed by atoms with Crippen LogP contribution < -0.4 is 0 Å². The van der Waals surface area contributed by atoms with Gasteiger partial charge >= 0.3 is 0 Å². The topological polar surface area (TPSA) is 46.9 Å². The highest BCUT2D eigenvalue weighted by Crippen LogP contribution is 1.97. The first-order chi connectivity index (χ1) is 3.30. The predicted octanol–water partition coefficient (Wildman–Crippen LogP) is -0.189. The Morgan fingerprint density at radius 3 is 2.29 bits per heavy atom. The van der Waals surface area contributed by atoms with Crippen LogP contribution in [0.1, 0.15) is 0 Å². The van der Waals surface area contributed by atoms with E-state index in [0.29, 0.717) is 16.9 Å². The summed E-state index contributed by atoms with van der Waals surface area (Å²) in [4.78, 5) is 0. The minimum Gasteiger partial charge on any atom is -0.292 e. The maximum absolute atomic E-state index is 8.44. The Labute approximate surface area is 40.8 Å². The Morgan fingerprint density at radius 1 is 1.43 bits per heavy atom. The molecule has 4 heteroatoms. The molecule has 1 rings (SSSR count). The Hall–Kier alpha value is -0.580. The molecule has 0 atom stereocenters. The summed E-state index contributed by atoms with van der Waals surface area (Å²) in [5.74, 6) is 0. The molecule has 0 saturated heterocycles. The Balaban J connectivity index is 2.45. The van der Waals surface area contributed by atoms with E-state index in [0.717, 1.165) is 0 Å². The summed E-state index contributed by atoms with van der Waals surface area (Å²) < 4.78 is 0. The Kier molecular flexibility index (Phi) is 0.976. The number of rotatable bonds is 0. The van der Waals surface area contributed by atoms with Crippen LogP contribution in [0.3, 0.4) is 0 Å². The van der Waals surface area contributed by atoms with E-state index in [1.165, 1.54) is 6.20 Å². The van der Waals surface area contributed by atoms with E-state index in [4.69, 9.17) is 10.4 Å². The maximum Gasteiger partial charge on any atom is 0.0675 e. The number of hydrogen-bond acceptors (Lipinski definition) is 4. The molecule has 0 unspecified atom stereocenters. The zero-order valence-electron chi connectivity index (χ0n) is 3.65. The average molecular weight is 102 g/mol. The lowest BCUT2D eigenvalue weighted by Gasteiger charge is -2.13. The van der Waals surface area contributed by atoms with Crippen molar-refractivity contribution < 1.29 is 10.4 Å². The SMILES string of the molecule is ON1C=CCN1O. The lowest BCUT2D eigenvalue weighted by atomic mass is 10.7. The van der Waals surface area contributed by atoms with Gasteiger partial charge in [0.2, 0.25) is 0 Å². The van der Waals surface area contributed by atoms with Crippen molar-refractivity contribution in [3.63, 3.8) is 0 Å². The van der Waals surface area contributed by atoms with Gasteiger partial charge in [0.1, 0.15) is 0 Å². The van der Waals surface area contributed by atoms with Gasteiger partial charge in [-0.3, -0.25) is 10.4 Å². The first kappa shape index (κ1) is 4.58. The van der Waals surface area contributed by atoms with Crippen LogP contribution >= 0.6 is 0 Å². The number of nitrogens with zero attached hydrogens (tertiary/aromatic N) is 2. The molecule has 0 spiro atoms. The van der Waals surface area contributed by atoms with E-state index in [1.807, 2.05) is 0 Å². The highest BCUT2D eigenvalue weighted by Gasteiger charge is 2.07. The summed E-state index contributed by atoms with van der Waals surface area (Å²) in [6.45, 7) is 0.358. The van der Waals surface area contributed by atoms with Crippen molar-refractivity contribution in [1.29, 1.82) is 0 Å². The van der Waals surface area contributed by atoms with Crippen molar-refractivity contribution in [3.05, 3.63) is 12.3 Å². The van der Waals surface area contributed by atoms with Crippen molar-refractivity contribution in [1.82, 2.24) is 10.3 Å². The van der Waals surface area contributed by atoms with E-state index in [1.54, 1.807) is 6.08 Å². The Morgan fingerprint density at radius 2 is 2.14 bits per heavy atom. The van der Waals surface area contributed by atoms with Crippen LogP contribution in [-0.4, -0.2) is 27.3 Å². The third-order valence-electron chi connectivity index (χ3n) is 0.744. The largest absolute Gasteiger partial charge is 0.292 e. The number of hydroxylamine groups is 2. The zero-order valence-corrected chi connectivity index (χ0v) is 3.65. The molecular weight excluding hydrogens is 96.0 g/mol. The molecule has 0 aliphatic carbocycles. The normalized spacial score (nSPS) is 21.7. The van der Waals surface area contributed by atoms with Gasteiger partial charge in [-0.05, 0) is 6.08 Å². The summed E-state index contributed by atoms with van der Waals surface area (Å²) in [6, 6.07) is 0. The van der Waals surface area contributed by atoms with E-state index in [-0.39, 0.29) is 0 Å². The molecule has 40 valence electrons. The quantitative estimate of drug-likeness (QED) is 0.445. The molecule has 0 aromatic heterocycles. The van der Waals surface area contributed by atoms with Gasteiger partial charge in [0.15, 0.2) is 0 Å². The molecule has 1 aliphatic heterocycles. The molecule has 0 saturated carbocycles. The van der Waals surface area contributed by atoms with Crippen LogP contribution in [0.25, 0.3) is 0 Å². The van der Waals surface area contributed by atoms with E-state index < -0.39 is 0 Å². The van der Waals surface area contributed by atoms with Gasteiger partial charge < -0.3 is 0 Å². The number of hydrazine groups is 1. The van der Waals surface area contributed by atoms with E-state index in [2.05, 4.69) is 0 Å². The van der Waals surface area contributed by atoms with Crippen molar-refractivity contribution in [2.45, 2.75) is 0 Å². The molecule has 1 aliphatic rings. The second kappa shape index (κ2) is 1.49. The molecule has 7 heavy (non-hydrogen) atoms. The summed E-state index contributed by atoms with van der Waals surface area (Å²) in [7, 11) is 0. The molecular formula is C3H6N2O2. The smallest absolute Gasteiger partial charge is 0.0675 e. The molecule has 0 amide bonds. The molecule has 4 nitrogen and oxygen atoms in total. The van der Waals surface area contributed by atoms with Crippen LogP contribution in [0.5, 0.6) is 0 Å². The highest BCUT2D eigenvalue weighted by atomic mass is 16.7. The molecule has 1 heterocycles. The maximum atomic E-state index is 8.44. The van der Waals surface area contributed by atoms with E-state index in [9.17, 15) is 0 Å². The van der Waals surface area contributed by atoms with Crippen LogP contribution in [-0.2, 0) is 0 Å². The molecule has 0 bridgehead atoms. The number of hydrogen-bond donors (Lipinski definition) is 2. The van der Waals surface area contributed by atoms with Crippen molar-refractivity contribution in [3.8, 4) is 0 Å². The molecule has 0 aromatic rings. The first-order valence-corrected chi connectivity index (χ1v) is 1.92. The standard InChI is InChI=1S/C3H6N2O2/c6-4-2-1-3-5(4)7/h1-2,6-7H,3H2. The molecule has 0 aromatic carbocycles. The third-order valence-corrected chi connectivity index (χ3v) is 0.744. The van der Waals surface area contributed by atoms with Gasteiger partial charge in [0, 0.05) is 6.20 Å². The summed E-state index contributed by atoms with van der Waals surface area (Å²) in [5, 5.41) is 18.2. The van der Waals surface area contributed by atoms with E-state index >= 15 is 0 Å². The molecule has 2 N–H and O–H groups in total. The Bertz CT molecular complexity index is 92.9. The van der Waals surface area contributed by atoms with Gasteiger partial charge in [0.25, 0.3) is 0 Å². The average Bonchev–Trinajstić information content (AvgIpc) is 1.91. The minimum absolute atomic E-state index is 0.358. The van der Waals surface area contributed by atoms with Gasteiger partial charge in [-0.15, -0.1) is 0 Å². The van der Waals surface area contributed by atoms with Crippen LogP contribution in [0.15, 0.2) is 12.3 Å². The van der Waals surface area contributed by atoms with Crippen molar-refractivity contribution >= 4 is 0 Å². The summed E-state index contributed by atoms with van der Waals surface area (Å²) in [5.41, 5.74) is 0. The van der Waals surface area contributed by atoms with Gasteiger partial charge in [0.05, 0.1) is 6.54 Å². The second-order valence-electron chi connectivity index (χ2n) is 1.26. The van der Waals surface area contributed by atoms with Crippen LogP contribution in [0.4, 0.5) is 0 Å². The van der Waals surface area contributed by atoms with Crippen LogP contribution in [0.2, 0.25) is 0 Å². The minimum atomic E-state index is 0.358. The van der Waals surface area contributed by atoms with Crippen LogP contribution in [0, 0.1) is 0 Å². The van der Waals surface area contributed by atoms with Gasteiger partial charge in [-0.2, -0.15) is 5.17 Å². The summed E-state index contributed by atoms with van der Waals surface area (Å²) in [6.07, 6.45) is 2.99. The molecule has 0 radical (unpaired) electrons. The summed E-state index contributed by atoms with van der Waals surface area (Å²) >= 11 is 0. The fourth-order valence-electron chi connectivity index (χ4n) is 0.396. The fraction of sp³-hybridized carbons (Fsp3) is 0.333. The monoisotopic (exact) mass is 102 g/mol. The second-order valence-corrected chi connectivity index (χ2v) is 1.26. The highest BCUT2D eigenvalue weighted by molar-refractivity contribution is 4.84. The third kappa shape index (κ3) is 0.714. The van der Waals surface area contributed by atoms with Crippen molar-refractivity contribution in [2.24, 2.45) is 0 Å². The lowest BCUT2D eigenvalue weighted by molar-refractivity contribution is -0.326. The fourth-order valence-corrected chi connectivity index (χ4v) is 0.396. The predicted molar refractivity (Wildman–Crippen MR) is 21.3 cm³/mol.